The fourth-order valence-corrected chi connectivity index (χ4v) is 3.20. The molecule has 0 radical (unpaired) electrons. The summed E-state index contributed by atoms with van der Waals surface area (Å²) in [7, 11) is 0. The molecule has 0 saturated carbocycles. The van der Waals surface area contributed by atoms with Gasteiger partial charge in [0.25, 0.3) is 0 Å². The van der Waals surface area contributed by atoms with Gasteiger partial charge in [-0.05, 0) is 61.1 Å². The van der Waals surface area contributed by atoms with Crippen molar-refractivity contribution in [3.63, 3.8) is 0 Å². The molecule has 1 aliphatic rings. The lowest BCUT2D eigenvalue weighted by Crippen LogP contribution is -2.05. The van der Waals surface area contributed by atoms with Gasteiger partial charge in [0.05, 0.1) is 0 Å². The Morgan fingerprint density at radius 3 is 2.71 bits per heavy atom. The third kappa shape index (κ3) is 3.74. The molecule has 0 saturated heterocycles. The molecule has 1 heteroatoms. The van der Waals surface area contributed by atoms with Gasteiger partial charge in [-0.2, -0.15) is 0 Å². The molecule has 1 aromatic rings. The van der Waals surface area contributed by atoms with Crippen molar-refractivity contribution in [2.75, 3.05) is 0 Å². The first-order chi connectivity index (χ1) is 8.15. The Morgan fingerprint density at radius 2 is 1.94 bits per heavy atom. The Morgan fingerprint density at radius 1 is 1.18 bits per heavy atom. The van der Waals surface area contributed by atoms with E-state index >= 15 is 0 Å². The summed E-state index contributed by atoms with van der Waals surface area (Å²) in [5, 5.41) is 0.336. The predicted molar refractivity (Wildman–Crippen MR) is 75.9 cm³/mol. The van der Waals surface area contributed by atoms with Crippen molar-refractivity contribution in [2.45, 2.75) is 57.7 Å². The number of fused-ring (bicyclic) bond motifs is 1. The summed E-state index contributed by atoms with van der Waals surface area (Å²) in [4.78, 5) is 0. The van der Waals surface area contributed by atoms with Crippen LogP contribution in [0.2, 0.25) is 0 Å². The van der Waals surface area contributed by atoms with Crippen molar-refractivity contribution in [1.82, 2.24) is 0 Å². The Hall–Kier alpha value is -0.490. The van der Waals surface area contributed by atoms with Gasteiger partial charge in [0.1, 0.15) is 0 Å². The molecule has 0 aromatic heterocycles. The lowest BCUT2D eigenvalue weighted by Gasteiger charge is -2.12. The van der Waals surface area contributed by atoms with Gasteiger partial charge >= 0.3 is 0 Å². The van der Waals surface area contributed by atoms with E-state index in [-0.39, 0.29) is 0 Å². The van der Waals surface area contributed by atoms with E-state index in [0.29, 0.717) is 11.3 Å². The maximum atomic E-state index is 6.34. The number of benzene rings is 1. The van der Waals surface area contributed by atoms with Crippen LogP contribution in [0.5, 0.6) is 0 Å². The Labute approximate surface area is 110 Å². The number of aryl methyl sites for hydroxylation is 3. The molecule has 0 bridgehead atoms. The highest BCUT2D eigenvalue weighted by Crippen LogP contribution is 2.24. The second-order valence-electron chi connectivity index (χ2n) is 5.72. The topological polar surface area (TPSA) is 0 Å². The van der Waals surface area contributed by atoms with Gasteiger partial charge in [-0.3, -0.25) is 0 Å². The second-order valence-corrected chi connectivity index (χ2v) is 6.34. The van der Waals surface area contributed by atoms with Crippen molar-refractivity contribution in [2.24, 2.45) is 5.92 Å². The van der Waals surface area contributed by atoms with Gasteiger partial charge in [0.2, 0.25) is 0 Å². The molecule has 0 spiro atoms. The first kappa shape index (κ1) is 13.0. The molecule has 17 heavy (non-hydrogen) atoms. The van der Waals surface area contributed by atoms with Crippen LogP contribution in [0.15, 0.2) is 18.2 Å². The van der Waals surface area contributed by atoms with Crippen molar-refractivity contribution in [3.05, 3.63) is 34.9 Å². The van der Waals surface area contributed by atoms with E-state index < -0.39 is 0 Å². The van der Waals surface area contributed by atoms with Crippen LogP contribution in [0.4, 0.5) is 0 Å². The van der Waals surface area contributed by atoms with E-state index in [1.54, 1.807) is 11.1 Å². The summed E-state index contributed by atoms with van der Waals surface area (Å²) >= 11 is 6.34. The summed E-state index contributed by atoms with van der Waals surface area (Å²) < 4.78 is 0. The summed E-state index contributed by atoms with van der Waals surface area (Å²) in [6, 6.07) is 7.02. The van der Waals surface area contributed by atoms with Gasteiger partial charge in [-0.1, -0.05) is 32.0 Å². The zero-order valence-electron chi connectivity index (χ0n) is 11.0. The molecule has 1 aliphatic carbocycles. The van der Waals surface area contributed by atoms with Gasteiger partial charge in [0.15, 0.2) is 0 Å². The van der Waals surface area contributed by atoms with Crippen LogP contribution in [0, 0.1) is 5.92 Å². The molecule has 2 rings (SSSR count). The van der Waals surface area contributed by atoms with Crippen molar-refractivity contribution in [3.8, 4) is 0 Å². The standard InChI is InChI=1S/C16H23Cl/c1-12(2)10-16(17)9-7-13-6-8-14-4-3-5-15(14)11-13/h6,8,11-12,16H,3-5,7,9-10H2,1-2H3. The minimum Gasteiger partial charge on any atom is -0.123 e. The predicted octanol–water partition coefficient (Wildman–Crippen LogP) is 4.76. The fraction of sp³-hybridized carbons (Fsp3) is 0.625. The molecule has 1 atom stereocenters. The van der Waals surface area contributed by atoms with Gasteiger partial charge in [-0.25, -0.2) is 0 Å². The third-order valence-corrected chi connectivity index (χ3v) is 4.03. The molecular weight excluding hydrogens is 228 g/mol. The van der Waals surface area contributed by atoms with Crippen LogP contribution in [-0.2, 0) is 19.3 Å². The molecule has 0 heterocycles. The Kier molecular flexibility index (Phi) is 4.50. The first-order valence-corrected chi connectivity index (χ1v) is 7.33. The minimum absolute atomic E-state index is 0.336. The maximum Gasteiger partial charge on any atom is 0.0341 e. The number of rotatable bonds is 5. The maximum absolute atomic E-state index is 6.34. The second kappa shape index (κ2) is 5.91. The molecule has 0 amide bonds. The van der Waals surface area contributed by atoms with E-state index in [1.807, 2.05) is 0 Å². The Bertz CT molecular complexity index is 368. The number of alkyl halides is 1. The van der Waals surface area contributed by atoms with E-state index in [9.17, 15) is 0 Å². The van der Waals surface area contributed by atoms with Crippen LogP contribution < -0.4 is 0 Å². The zero-order valence-corrected chi connectivity index (χ0v) is 11.8. The quantitative estimate of drug-likeness (QED) is 0.661. The SMILES string of the molecule is CC(C)CC(Cl)CCc1ccc2c(c1)CCC2. The molecule has 1 aromatic carbocycles. The van der Waals surface area contributed by atoms with Crippen molar-refractivity contribution < 1.29 is 0 Å². The van der Waals surface area contributed by atoms with Crippen molar-refractivity contribution in [1.29, 1.82) is 0 Å². The van der Waals surface area contributed by atoms with E-state index in [4.69, 9.17) is 11.6 Å². The summed E-state index contributed by atoms with van der Waals surface area (Å²) in [6.07, 6.45) is 7.27. The van der Waals surface area contributed by atoms with Gasteiger partial charge in [0, 0.05) is 5.38 Å². The smallest absolute Gasteiger partial charge is 0.0341 e. The van der Waals surface area contributed by atoms with Crippen LogP contribution in [0.25, 0.3) is 0 Å². The Balaban J connectivity index is 1.87. The third-order valence-electron chi connectivity index (χ3n) is 3.64. The van der Waals surface area contributed by atoms with Crippen LogP contribution in [-0.4, -0.2) is 5.38 Å². The lowest BCUT2D eigenvalue weighted by molar-refractivity contribution is 0.544. The molecule has 0 aliphatic heterocycles. The number of halogens is 1. The highest BCUT2D eigenvalue weighted by Gasteiger charge is 2.12. The van der Waals surface area contributed by atoms with Crippen LogP contribution in [0.1, 0.15) is 49.8 Å². The average Bonchev–Trinajstić information content (AvgIpc) is 2.72. The average molecular weight is 251 g/mol. The van der Waals surface area contributed by atoms with E-state index in [1.165, 1.54) is 24.8 Å². The summed E-state index contributed by atoms with van der Waals surface area (Å²) in [6.45, 7) is 4.48. The van der Waals surface area contributed by atoms with E-state index in [0.717, 1.165) is 19.3 Å². The van der Waals surface area contributed by atoms with Crippen LogP contribution >= 0.6 is 11.6 Å². The lowest BCUT2D eigenvalue weighted by atomic mass is 9.99. The molecule has 0 N–H and O–H groups in total. The number of hydrogen-bond acceptors (Lipinski definition) is 0. The normalized spacial score (nSPS) is 16.2. The fourth-order valence-electron chi connectivity index (χ4n) is 2.73. The van der Waals surface area contributed by atoms with E-state index in [2.05, 4.69) is 32.0 Å². The molecule has 0 fully saturated rings. The van der Waals surface area contributed by atoms with Gasteiger partial charge in [-0.15, -0.1) is 11.6 Å². The number of hydrogen-bond donors (Lipinski definition) is 0. The van der Waals surface area contributed by atoms with Crippen LogP contribution in [0.3, 0.4) is 0 Å². The monoisotopic (exact) mass is 250 g/mol. The molecule has 0 nitrogen and oxygen atoms in total. The summed E-state index contributed by atoms with van der Waals surface area (Å²) in [5.41, 5.74) is 4.62. The highest BCUT2D eigenvalue weighted by molar-refractivity contribution is 6.20. The van der Waals surface area contributed by atoms with Crippen molar-refractivity contribution >= 4 is 11.6 Å². The molecular formula is C16H23Cl. The zero-order chi connectivity index (χ0) is 12.3. The largest absolute Gasteiger partial charge is 0.123 e. The molecule has 94 valence electrons. The first-order valence-electron chi connectivity index (χ1n) is 6.90. The van der Waals surface area contributed by atoms with Gasteiger partial charge < -0.3 is 0 Å². The highest BCUT2D eigenvalue weighted by atomic mass is 35.5. The minimum atomic E-state index is 0.336. The summed E-state index contributed by atoms with van der Waals surface area (Å²) in [5.74, 6) is 0.706. The molecule has 1 unspecified atom stereocenters.